The molecule has 1 aromatic carbocycles. The van der Waals surface area contributed by atoms with Crippen LogP contribution in [0.3, 0.4) is 0 Å². The molecule has 0 saturated carbocycles. The first kappa shape index (κ1) is 25.8. The van der Waals surface area contributed by atoms with Gasteiger partial charge >= 0.3 is 0 Å². The van der Waals surface area contributed by atoms with E-state index in [0.29, 0.717) is 29.2 Å². The van der Waals surface area contributed by atoms with Gasteiger partial charge in [-0.05, 0) is 38.1 Å². The Morgan fingerprint density at radius 3 is 2.29 bits per heavy atom. The highest BCUT2D eigenvalue weighted by atomic mass is 35.5. The Morgan fingerprint density at radius 1 is 1.11 bits per heavy atom. The molecule has 0 unspecified atom stereocenters. The van der Waals surface area contributed by atoms with Crippen LogP contribution in [0.5, 0.6) is 0 Å². The highest BCUT2D eigenvalue weighted by Gasteiger charge is 2.42. The summed E-state index contributed by atoms with van der Waals surface area (Å²) in [6.07, 6.45) is 0. The summed E-state index contributed by atoms with van der Waals surface area (Å²) in [6.45, 7) is 4.12. The van der Waals surface area contributed by atoms with Crippen LogP contribution in [0.25, 0.3) is 5.57 Å². The van der Waals surface area contributed by atoms with E-state index in [2.05, 4.69) is 15.2 Å². The van der Waals surface area contributed by atoms with Crippen LogP contribution in [0.1, 0.15) is 18.7 Å². The fourth-order valence-corrected chi connectivity index (χ4v) is 4.82. The number of azo groups is 1. The molecule has 1 aliphatic rings. The van der Waals surface area contributed by atoms with Gasteiger partial charge in [-0.2, -0.15) is 15.8 Å². The first-order chi connectivity index (χ1) is 16.8. The van der Waals surface area contributed by atoms with Gasteiger partial charge in [0.25, 0.3) is 0 Å². The molecule has 35 heavy (non-hydrogen) atoms. The van der Waals surface area contributed by atoms with Gasteiger partial charge in [0.05, 0.1) is 23.8 Å². The van der Waals surface area contributed by atoms with Crippen molar-refractivity contribution in [3.63, 3.8) is 0 Å². The predicted octanol–water partition coefficient (Wildman–Crippen LogP) is 4.39. The molecule has 2 N–H and O–H groups in total. The molecule has 0 atom stereocenters. The van der Waals surface area contributed by atoms with Crippen molar-refractivity contribution in [3.8, 4) is 18.2 Å². The minimum absolute atomic E-state index is 0.0357. The standard InChI is InChI=1S/C23H20ClN7O3S/c1-23(2)18(17(13-27)19(34-23)14(11-25)12-26)20-21(24)28-22(35-20)30-29-15-3-5-16(6-4-15)31(7-9-32)8-10-33/h3-6,32-33H,7-10H2,1-2H3. The molecule has 178 valence electrons. The van der Waals surface area contributed by atoms with Gasteiger partial charge < -0.3 is 19.8 Å². The molecule has 10 nitrogen and oxygen atoms in total. The van der Waals surface area contributed by atoms with Crippen LogP contribution >= 0.6 is 22.9 Å². The summed E-state index contributed by atoms with van der Waals surface area (Å²) in [5.41, 5.74) is 0.504. The van der Waals surface area contributed by atoms with Gasteiger partial charge in [-0.3, -0.25) is 0 Å². The van der Waals surface area contributed by atoms with E-state index in [1.807, 2.05) is 11.0 Å². The Morgan fingerprint density at radius 2 is 1.74 bits per heavy atom. The topological polar surface area (TPSA) is 162 Å². The second-order valence-electron chi connectivity index (χ2n) is 7.67. The van der Waals surface area contributed by atoms with Gasteiger partial charge in [0, 0.05) is 24.4 Å². The number of rotatable bonds is 8. The maximum atomic E-state index is 9.75. The van der Waals surface area contributed by atoms with Crippen molar-refractivity contribution in [2.45, 2.75) is 19.4 Å². The highest BCUT2D eigenvalue weighted by Crippen LogP contribution is 2.49. The zero-order valence-electron chi connectivity index (χ0n) is 18.9. The van der Waals surface area contributed by atoms with Crippen molar-refractivity contribution >= 4 is 45.0 Å². The molecule has 0 bridgehead atoms. The number of aliphatic hydroxyl groups excluding tert-OH is 2. The number of halogens is 1. The van der Waals surface area contributed by atoms with Crippen molar-refractivity contribution in [2.75, 3.05) is 31.2 Å². The zero-order chi connectivity index (χ0) is 25.6. The third-order valence-corrected chi connectivity index (χ3v) is 6.35. The average Bonchev–Trinajstić information content (AvgIpc) is 3.33. The number of nitriles is 3. The Kier molecular flexibility index (Phi) is 8.18. The second kappa shape index (κ2) is 11.1. The van der Waals surface area contributed by atoms with Crippen LogP contribution in [0.4, 0.5) is 16.5 Å². The van der Waals surface area contributed by atoms with Crippen LogP contribution in [-0.4, -0.2) is 47.1 Å². The maximum absolute atomic E-state index is 9.75. The number of hydrogen-bond acceptors (Lipinski definition) is 11. The molecule has 3 rings (SSSR count). The molecule has 0 amide bonds. The molecular formula is C23H20ClN7O3S. The van der Waals surface area contributed by atoms with E-state index >= 15 is 0 Å². The predicted molar refractivity (Wildman–Crippen MR) is 130 cm³/mol. The van der Waals surface area contributed by atoms with Gasteiger partial charge in [0.2, 0.25) is 5.13 Å². The average molecular weight is 510 g/mol. The molecule has 0 saturated heterocycles. The molecule has 1 aliphatic heterocycles. The summed E-state index contributed by atoms with van der Waals surface area (Å²) in [7, 11) is 0. The monoisotopic (exact) mass is 509 g/mol. The van der Waals surface area contributed by atoms with Gasteiger partial charge in [-0.1, -0.05) is 22.9 Å². The fourth-order valence-electron chi connectivity index (χ4n) is 3.50. The van der Waals surface area contributed by atoms with Crippen LogP contribution in [0.2, 0.25) is 5.15 Å². The molecule has 2 aromatic rings. The van der Waals surface area contributed by atoms with Crippen molar-refractivity contribution < 1.29 is 14.9 Å². The number of hydrogen-bond donors (Lipinski definition) is 2. The molecule has 0 spiro atoms. The number of anilines is 1. The number of ether oxygens (including phenoxy) is 1. The number of nitrogens with zero attached hydrogens (tertiary/aromatic N) is 7. The lowest BCUT2D eigenvalue weighted by atomic mass is 9.94. The third-order valence-electron chi connectivity index (χ3n) is 5.01. The van der Waals surface area contributed by atoms with Gasteiger partial charge in [-0.15, -0.1) is 10.2 Å². The fraction of sp³-hybridized carbons (Fsp3) is 0.304. The Balaban J connectivity index is 1.92. The Hall–Kier alpha value is -3.79. The van der Waals surface area contributed by atoms with E-state index in [1.165, 1.54) is 0 Å². The van der Waals surface area contributed by atoms with Crippen molar-refractivity contribution in [3.05, 3.63) is 51.2 Å². The molecule has 0 radical (unpaired) electrons. The third kappa shape index (κ3) is 5.48. The van der Waals surface area contributed by atoms with Crippen LogP contribution in [-0.2, 0) is 4.74 Å². The Labute approximate surface area is 210 Å². The van der Waals surface area contributed by atoms with E-state index < -0.39 is 5.60 Å². The van der Waals surface area contributed by atoms with Crippen LogP contribution < -0.4 is 4.90 Å². The van der Waals surface area contributed by atoms with Crippen LogP contribution in [0.15, 0.2) is 51.4 Å². The molecule has 2 heterocycles. The van der Waals surface area contributed by atoms with Crippen molar-refractivity contribution in [1.82, 2.24) is 4.98 Å². The molecule has 1 aromatic heterocycles. The van der Waals surface area contributed by atoms with E-state index in [1.54, 1.807) is 50.3 Å². The van der Waals surface area contributed by atoms with E-state index in [-0.39, 0.29) is 40.4 Å². The minimum atomic E-state index is -1.03. The van der Waals surface area contributed by atoms with Crippen molar-refractivity contribution in [2.24, 2.45) is 10.2 Å². The lowest BCUT2D eigenvalue weighted by Crippen LogP contribution is -2.29. The lowest BCUT2D eigenvalue weighted by molar-refractivity contribution is 0.109. The number of allylic oxidation sites excluding steroid dienone is 2. The van der Waals surface area contributed by atoms with Gasteiger partial charge in [-0.25, -0.2) is 4.98 Å². The first-order valence-electron chi connectivity index (χ1n) is 10.3. The SMILES string of the molecule is CC1(C)OC(=C(C#N)C#N)C(C#N)=C1c1sc(N=Nc2ccc(N(CCO)CCO)cc2)nc1Cl. The summed E-state index contributed by atoms with van der Waals surface area (Å²) in [5.74, 6) is -0.0818. The molecular weight excluding hydrogens is 490 g/mol. The summed E-state index contributed by atoms with van der Waals surface area (Å²) >= 11 is 7.48. The van der Waals surface area contributed by atoms with Crippen molar-refractivity contribution in [1.29, 1.82) is 15.8 Å². The highest BCUT2D eigenvalue weighted by molar-refractivity contribution is 7.17. The van der Waals surface area contributed by atoms with E-state index in [4.69, 9.17) is 16.3 Å². The summed E-state index contributed by atoms with van der Waals surface area (Å²) in [4.78, 5) is 6.50. The number of benzene rings is 1. The maximum Gasteiger partial charge on any atom is 0.231 e. The lowest BCUT2D eigenvalue weighted by Gasteiger charge is -2.22. The number of aromatic nitrogens is 1. The number of aliphatic hydroxyl groups is 2. The summed E-state index contributed by atoms with van der Waals surface area (Å²) in [6, 6.07) is 12.6. The van der Waals surface area contributed by atoms with Crippen LogP contribution in [0, 0.1) is 34.0 Å². The smallest absolute Gasteiger partial charge is 0.231 e. The van der Waals surface area contributed by atoms with Gasteiger partial charge in [0.1, 0.15) is 34.5 Å². The van der Waals surface area contributed by atoms with E-state index in [9.17, 15) is 26.0 Å². The minimum Gasteiger partial charge on any atom is -0.479 e. The normalized spacial score (nSPS) is 14.4. The summed E-state index contributed by atoms with van der Waals surface area (Å²) in [5, 5.41) is 55.3. The van der Waals surface area contributed by atoms with Gasteiger partial charge in [0.15, 0.2) is 11.3 Å². The molecule has 0 fully saturated rings. The first-order valence-corrected chi connectivity index (χ1v) is 11.5. The summed E-state index contributed by atoms with van der Waals surface area (Å²) < 4.78 is 5.79. The second-order valence-corrected chi connectivity index (χ2v) is 9.00. The quantitative estimate of drug-likeness (QED) is 0.391. The van der Waals surface area contributed by atoms with E-state index in [0.717, 1.165) is 17.0 Å². The largest absolute Gasteiger partial charge is 0.479 e. The molecule has 0 aliphatic carbocycles. The Bertz CT molecular complexity index is 1300. The molecule has 12 heteroatoms. The zero-order valence-corrected chi connectivity index (χ0v) is 20.4. The number of thiazole rings is 1.